The van der Waals surface area contributed by atoms with E-state index in [0.717, 1.165) is 16.7 Å². The Morgan fingerprint density at radius 3 is 2.49 bits per heavy atom. The largest absolute Gasteiger partial charge is 0.469 e. The third kappa shape index (κ3) is 7.68. The maximum atomic E-state index is 13.3. The van der Waals surface area contributed by atoms with Crippen LogP contribution in [0.4, 0.5) is 0 Å². The maximum Gasteiger partial charge on any atom is 0.309 e. The molecule has 2 aromatic heterocycles. The highest BCUT2D eigenvalue weighted by atomic mass is 35.5. The first-order valence-corrected chi connectivity index (χ1v) is 13.9. The SMILES string of the molecule is COC(=O)Cc1ccc(-c2cc([C@H](Cc3ccccc3)NC(=O)/C=C/c3cc(Cl)ccc3-n3cnnn3)nnc2Cl)cc1. The third-order valence-corrected chi connectivity index (χ3v) is 7.08. The fourth-order valence-corrected chi connectivity index (χ4v) is 4.79. The molecule has 3 aromatic carbocycles. The van der Waals surface area contributed by atoms with Crippen LogP contribution >= 0.6 is 23.2 Å². The molecule has 10 nitrogen and oxygen atoms in total. The van der Waals surface area contributed by atoms with E-state index in [0.29, 0.717) is 34.0 Å². The smallest absolute Gasteiger partial charge is 0.309 e. The molecule has 0 unspecified atom stereocenters. The van der Waals surface area contributed by atoms with Crippen molar-refractivity contribution >= 4 is 41.2 Å². The Morgan fingerprint density at radius 2 is 1.77 bits per heavy atom. The quantitative estimate of drug-likeness (QED) is 0.167. The molecule has 1 N–H and O–H groups in total. The van der Waals surface area contributed by atoms with Crippen molar-refractivity contribution in [3.63, 3.8) is 0 Å². The van der Waals surface area contributed by atoms with Crippen molar-refractivity contribution in [1.29, 1.82) is 0 Å². The molecule has 0 bridgehead atoms. The van der Waals surface area contributed by atoms with Crippen molar-refractivity contribution in [2.24, 2.45) is 0 Å². The molecule has 5 aromatic rings. The highest BCUT2D eigenvalue weighted by Gasteiger charge is 2.19. The Labute approximate surface area is 257 Å². The molecule has 0 fully saturated rings. The Bertz CT molecular complexity index is 1750. The first kappa shape index (κ1) is 29.6. The van der Waals surface area contributed by atoms with E-state index in [1.807, 2.05) is 60.7 Å². The van der Waals surface area contributed by atoms with Gasteiger partial charge in [-0.15, -0.1) is 10.2 Å². The van der Waals surface area contributed by atoms with Crippen molar-refractivity contribution in [2.45, 2.75) is 18.9 Å². The number of halogens is 2. The van der Waals surface area contributed by atoms with Crippen LogP contribution in [0.2, 0.25) is 10.2 Å². The Morgan fingerprint density at radius 1 is 0.977 bits per heavy atom. The van der Waals surface area contributed by atoms with Crippen molar-refractivity contribution in [2.75, 3.05) is 7.11 Å². The van der Waals surface area contributed by atoms with Crippen LogP contribution in [0.25, 0.3) is 22.9 Å². The van der Waals surface area contributed by atoms with Gasteiger partial charge in [0.15, 0.2) is 5.15 Å². The molecule has 1 atom stereocenters. The third-order valence-electron chi connectivity index (χ3n) is 6.56. The second-order valence-electron chi connectivity index (χ2n) is 9.47. The number of nitrogens with zero attached hydrogens (tertiary/aromatic N) is 6. The molecular weight excluding hydrogens is 589 g/mol. The summed E-state index contributed by atoms with van der Waals surface area (Å²) in [4.78, 5) is 24.9. The average molecular weight is 614 g/mol. The standard InChI is InChI=1S/C31H25Cl2N7O3/c1-43-30(42)16-21-7-9-22(10-8-21)25-18-27(36-37-31(25)33)26(15-20-5-3-2-4-6-20)35-29(41)14-11-23-17-24(32)12-13-28(23)40-19-34-38-39-40/h2-14,17-19,26H,15-16H2,1H3,(H,35,41)/b14-11+/t26-/m0/s1. The summed E-state index contributed by atoms with van der Waals surface area (Å²) in [5.74, 6) is -0.678. The number of hydrogen-bond acceptors (Lipinski definition) is 8. The van der Waals surface area contributed by atoms with E-state index in [1.165, 1.54) is 24.2 Å². The van der Waals surface area contributed by atoms with Crippen molar-refractivity contribution < 1.29 is 14.3 Å². The molecule has 0 saturated carbocycles. The molecule has 2 heterocycles. The van der Waals surface area contributed by atoms with E-state index in [4.69, 9.17) is 27.9 Å². The summed E-state index contributed by atoms with van der Waals surface area (Å²) in [6, 6.07) is 23.6. The molecule has 1 amide bonds. The van der Waals surface area contributed by atoms with E-state index in [9.17, 15) is 9.59 Å². The zero-order chi connectivity index (χ0) is 30.2. The van der Waals surface area contributed by atoms with Crippen LogP contribution in [0.15, 0.2) is 91.3 Å². The predicted molar refractivity (Wildman–Crippen MR) is 162 cm³/mol. The zero-order valence-corrected chi connectivity index (χ0v) is 24.4. The zero-order valence-electron chi connectivity index (χ0n) is 22.9. The first-order valence-electron chi connectivity index (χ1n) is 13.1. The number of benzene rings is 3. The molecule has 12 heteroatoms. The van der Waals surface area contributed by atoms with E-state index in [2.05, 4.69) is 31.0 Å². The van der Waals surface area contributed by atoms with Gasteiger partial charge in [-0.05, 0) is 63.9 Å². The second kappa shape index (κ2) is 13.8. The number of amides is 1. The Kier molecular flexibility index (Phi) is 9.50. The summed E-state index contributed by atoms with van der Waals surface area (Å²) in [6.07, 6.45) is 5.14. The number of carbonyl (C=O) groups is 2. The van der Waals surface area contributed by atoms with E-state index >= 15 is 0 Å². The minimum absolute atomic E-state index is 0.162. The lowest BCUT2D eigenvalue weighted by Gasteiger charge is -2.18. The molecule has 5 rings (SSSR count). The van der Waals surface area contributed by atoms with Gasteiger partial charge in [-0.1, -0.05) is 77.8 Å². The lowest BCUT2D eigenvalue weighted by atomic mass is 9.99. The molecule has 0 saturated heterocycles. The lowest BCUT2D eigenvalue weighted by Crippen LogP contribution is -2.29. The summed E-state index contributed by atoms with van der Waals surface area (Å²) < 4.78 is 6.23. The van der Waals surface area contributed by atoms with Crippen LogP contribution in [0, 0.1) is 0 Å². The minimum atomic E-state index is -0.528. The summed E-state index contributed by atoms with van der Waals surface area (Å²) in [5, 5.41) is 23.6. The van der Waals surface area contributed by atoms with Crippen LogP contribution in [0.1, 0.15) is 28.4 Å². The van der Waals surface area contributed by atoms with Gasteiger partial charge in [0.2, 0.25) is 5.91 Å². The van der Waals surface area contributed by atoms with E-state index in [-0.39, 0.29) is 23.5 Å². The second-order valence-corrected chi connectivity index (χ2v) is 10.3. The number of tetrazole rings is 1. The van der Waals surface area contributed by atoms with Gasteiger partial charge in [-0.25, -0.2) is 0 Å². The summed E-state index contributed by atoms with van der Waals surface area (Å²) in [5.41, 5.74) is 5.07. The number of esters is 1. The number of hydrogen-bond donors (Lipinski definition) is 1. The number of carbonyl (C=O) groups excluding carboxylic acids is 2. The fourth-order valence-electron chi connectivity index (χ4n) is 4.41. The fraction of sp³-hybridized carbons (Fsp3) is 0.129. The molecule has 216 valence electrons. The van der Waals surface area contributed by atoms with Gasteiger partial charge >= 0.3 is 5.97 Å². The Balaban J connectivity index is 1.42. The van der Waals surface area contributed by atoms with Gasteiger partial charge in [0.1, 0.15) is 6.33 Å². The van der Waals surface area contributed by atoms with E-state index in [1.54, 1.807) is 24.3 Å². The van der Waals surface area contributed by atoms with Gasteiger partial charge in [0.25, 0.3) is 0 Å². The number of nitrogens with one attached hydrogen (secondary N) is 1. The topological polar surface area (TPSA) is 125 Å². The average Bonchev–Trinajstić information content (AvgIpc) is 3.56. The van der Waals surface area contributed by atoms with Gasteiger partial charge in [0.05, 0.1) is 31.0 Å². The summed E-state index contributed by atoms with van der Waals surface area (Å²) in [6.45, 7) is 0. The van der Waals surface area contributed by atoms with Crippen molar-refractivity contribution in [1.82, 2.24) is 35.7 Å². The van der Waals surface area contributed by atoms with E-state index < -0.39 is 6.04 Å². The number of methoxy groups -OCH3 is 1. The molecule has 0 aliphatic heterocycles. The lowest BCUT2D eigenvalue weighted by molar-refractivity contribution is -0.139. The molecule has 43 heavy (non-hydrogen) atoms. The summed E-state index contributed by atoms with van der Waals surface area (Å²) >= 11 is 12.7. The molecule has 0 radical (unpaired) electrons. The van der Waals surface area contributed by atoms with Crippen molar-refractivity contribution in [3.8, 4) is 16.8 Å². The maximum absolute atomic E-state index is 13.3. The van der Waals surface area contributed by atoms with Crippen LogP contribution < -0.4 is 5.32 Å². The predicted octanol–water partition coefficient (Wildman–Crippen LogP) is 5.26. The van der Waals surface area contributed by atoms with Gasteiger partial charge in [-0.3, -0.25) is 9.59 Å². The normalized spacial score (nSPS) is 11.8. The van der Waals surface area contributed by atoms with Crippen molar-refractivity contribution in [3.05, 3.63) is 124 Å². The van der Waals surface area contributed by atoms with Crippen LogP contribution in [-0.2, 0) is 27.2 Å². The molecular formula is C31H25Cl2N7O3. The van der Waals surface area contributed by atoms with Gasteiger partial charge in [0, 0.05) is 22.2 Å². The summed E-state index contributed by atoms with van der Waals surface area (Å²) in [7, 11) is 1.35. The monoisotopic (exact) mass is 613 g/mol. The van der Waals surface area contributed by atoms with Crippen LogP contribution in [0.5, 0.6) is 0 Å². The molecule has 0 aliphatic carbocycles. The number of rotatable bonds is 10. The Hall–Kier alpha value is -4.93. The minimum Gasteiger partial charge on any atom is -0.469 e. The van der Waals surface area contributed by atoms with Crippen LogP contribution in [0.3, 0.4) is 0 Å². The highest BCUT2D eigenvalue weighted by molar-refractivity contribution is 6.32. The highest BCUT2D eigenvalue weighted by Crippen LogP contribution is 2.29. The number of ether oxygens (including phenoxy) is 1. The molecule has 0 spiro atoms. The first-order chi connectivity index (χ1) is 20.9. The van der Waals surface area contributed by atoms with Gasteiger partial charge < -0.3 is 10.1 Å². The van der Waals surface area contributed by atoms with Gasteiger partial charge in [-0.2, -0.15) is 9.78 Å². The number of aromatic nitrogens is 6. The molecule has 0 aliphatic rings. The van der Waals surface area contributed by atoms with Crippen LogP contribution in [-0.4, -0.2) is 49.4 Å².